The second-order valence-corrected chi connectivity index (χ2v) is 5.22. The summed E-state index contributed by atoms with van der Waals surface area (Å²) in [6.45, 7) is 6.78. The average Bonchev–Trinajstić information content (AvgIpc) is 2.46. The van der Waals surface area contributed by atoms with E-state index in [9.17, 15) is 4.79 Å². The average molecular weight is 278 g/mol. The van der Waals surface area contributed by atoms with Crippen LogP contribution in [-0.4, -0.2) is 41.9 Å². The zero-order valence-electron chi connectivity index (χ0n) is 13.3. The van der Waals surface area contributed by atoms with Gasteiger partial charge < -0.3 is 4.74 Å². The van der Waals surface area contributed by atoms with E-state index in [1.807, 2.05) is 39.8 Å². The van der Waals surface area contributed by atoms with Gasteiger partial charge in [0.2, 0.25) is 0 Å². The number of nitrogens with zero attached hydrogens (tertiary/aromatic N) is 2. The Labute approximate surface area is 122 Å². The lowest BCUT2D eigenvalue weighted by Crippen LogP contribution is -2.50. The van der Waals surface area contributed by atoms with E-state index in [0.29, 0.717) is 17.9 Å². The molecule has 4 nitrogen and oxygen atoms in total. The van der Waals surface area contributed by atoms with E-state index in [1.165, 1.54) is 0 Å². The molecule has 0 unspecified atom stereocenters. The molecular formula is C16H26N2O2. The van der Waals surface area contributed by atoms with Crippen molar-refractivity contribution in [1.82, 2.24) is 9.88 Å². The predicted octanol–water partition coefficient (Wildman–Crippen LogP) is 3.17. The molecule has 1 heterocycles. The van der Waals surface area contributed by atoms with Crippen molar-refractivity contribution in [3.63, 3.8) is 0 Å². The molecule has 0 aliphatic carbocycles. The Bertz CT molecular complexity index is 440. The number of pyridine rings is 1. The minimum Gasteiger partial charge on any atom is -0.492 e. The summed E-state index contributed by atoms with van der Waals surface area (Å²) in [4.78, 5) is 19.0. The Morgan fingerprint density at radius 3 is 2.40 bits per heavy atom. The summed E-state index contributed by atoms with van der Waals surface area (Å²) in [5.74, 6) is 0.777. The maximum Gasteiger partial charge on any atom is 0.184 e. The third kappa shape index (κ3) is 3.37. The monoisotopic (exact) mass is 278 g/mol. The summed E-state index contributed by atoms with van der Waals surface area (Å²) in [6, 6.07) is 1.80. The summed E-state index contributed by atoms with van der Waals surface area (Å²) in [5.41, 5.74) is 0.154. The summed E-state index contributed by atoms with van der Waals surface area (Å²) < 4.78 is 5.56. The molecular weight excluding hydrogens is 252 g/mol. The molecule has 0 aliphatic heterocycles. The predicted molar refractivity (Wildman–Crippen MR) is 81.4 cm³/mol. The van der Waals surface area contributed by atoms with E-state index in [4.69, 9.17) is 4.74 Å². The fraction of sp³-hybridized carbons (Fsp3) is 0.625. The van der Waals surface area contributed by atoms with Crippen LogP contribution in [0.25, 0.3) is 0 Å². The standard InChI is InChI=1S/C16H26N2O2/c1-6-9-20-14-10-13(11-17-12-14)15(19)16(7-2,8-3)18(4)5/h10-12H,6-9H2,1-5H3. The first-order chi connectivity index (χ1) is 9.51. The van der Waals surface area contributed by atoms with Gasteiger partial charge in [-0.1, -0.05) is 20.8 Å². The Morgan fingerprint density at radius 1 is 1.25 bits per heavy atom. The summed E-state index contributed by atoms with van der Waals surface area (Å²) >= 11 is 0. The molecule has 20 heavy (non-hydrogen) atoms. The Hall–Kier alpha value is -1.42. The van der Waals surface area contributed by atoms with Gasteiger partial charge in [0.15, 0.2) is 5.78 Å². The van der Waals surface area contributed by atoms with Gasteiger partial charge in [-0.15, -0.1) is 0 Å². The van der Waals surface area contributed by atoms with Crippen molar-refractivity contribution in [2.75, 3.05) is 20.7 Å². The van der Waals surface area contributed by atoms with Gasteiger partial charge in [0.1, 0.15) is 5.75 Å². The molecule has 0 atom stereocenters. The lowest BCUT2D eigenvalue weighted by atomic mass is 9.83. The largest absolute Gasteiger partial charge is 0.492 e. The highest BCUT2D eigenvalue weighted by atomic mass is 16.5. The lowest BCUT2D eigenvalue weighted by Gasteiger charge is -2.37. The van der Waals surface area contributed by atoms with Crippen LogP contribution in [0.4, 0.5) is 0 Å². The second-order valence-electron chi connectivity index (χ2n) is 5.22. The molecule has 0 bridgehead atoms. The number of carbonyl (C=O) groups excluding carboxylic acids is 1. The number of hydrogen-bond acceptors (Lipinski definition) is 4. The van der Waals surface area contributed by atoms with E-state index in [2.05, 4.69) is 4.98 Å². The number of hydrogen-bond donors (Lipinski definition) is 0. The Kier molecular flexibility index (Phi) is 6.14. The first-order valence-corrected chi connectivity index (χ1v) is 7.31. The minimum absolute atomic E-state index is 0.113. The van der Waals surface area contributed by atoms with Crippen LogP contribution >= 0.6 is 0 Å². The quantitative estimate of drug-likeness (QED) is 0.685. The highest BCUT2D eigenvalue weighted by Crippen LogP contribution is 2.27. The van der Waals surface area contributed by atoms with E-state index in [-0.39, 0.29) is 5.78 Å². The third-order valence-corrected chi connectivity index (χ3v) is 3.90. The molecule has 1 aromatic heterocycles. The van der Waals surface area contributed by atoms with Gasteiger partial charge >= 0.3 is 0 Å². The number of ether oxygens (including phenoxy) is 1. The number of aromatic nitrogens is 1. The molecule has 4 heteroatoms. The van der Waals surface area contributed by atoms with Crippen LogP contribution in [0.3, 0.4) is 0 Å². The van der Waals surface area contributed by atoms with Gasteiger partial charge in [0.25, 0.3) is 0 Å². The van der Waals surface area contributed by atoms with Crippen LogP contribution in [0.2, 0.25) is 0 Å². The first kappa shape index (κ1) is 16.6. The molecule has 0 fully saturated rings. The topological polar surface area (TPSA) is 42.4 Å². The van der Waals surface area contributed by atoms with Crippen LogP contribution in [0.1, 0.15) is 50.4 Å². The van der Waals surface area contributed by atoms with Crippen molar-refractivity contribution in [1.29, 1.82) is 0 Å². The zero-order valence-corrected chi connectivity index (χ0v) is 13.3. The second kappa shape index (κ2) is 7.39. The summed E-state index contributed by atoms with van der Waals surface area (Å²) in [6.07, 6.45) is 5.76. The SMILES string of the molecule is CCCOc1cncc(C(=O)C(CC)(CC)N(C)C)c1. The molecule has 0 aliphatic rings. The van der Waals surface area contributed by atoms with Gasteiger partial charge in [-0.05, 0) is 39.4 Å². The molecule has 112 valence electrons. The van der Waals surface area contributed by atoms with Crippen LogP contribution in [0, 0.1) is 0 Å². The minimum atomic E-state index is -0.467. The van der Waals surface area contributed by atoms with Crippen molar-refractivity contribution in [2.24, 2.45) is 0 Å². The molecule has 0 amide bonds. The van der Waals surface area contributed by atoms with Gasteiger partial charge in [-0.25, -0.2) is 0 Å². The number of rotatable bonds is 8. The molecule has 1 aromatic rings. The van der Waals surface area contributed by atoms with Gasteiger partial charge in [0.05, 0.1) is 18.3 Å². The van der Waals surface area contributed by atoms with Crippen LogP contribution in [-0.2, 0) is 0 Å². The van der Waals surface area contributed by atoms with Crippen molar-refractivity contribution in [3.05, 3.63) is 24.0 Å². The van der Waals surface area contributed by atoms with E-state index in [0.717, 1.165) is 19.3 Å². The highest BCUT2D eigenvalue weighted by Gasteiger charge is 2.37. The number of ketones is 1. The Morgan fingerprint density at radius 2 is 1.90 bits per heavy atom. The molecule has 0 N–H and O–H groups in total. The first-order valence-electron chi connectivity index (χ1n) is 7.31. The molecule has 0 saturated carbocycles. The van der Waals surface area contributed by atoms with E-state index in [1.54, 1.807) is 18.5 Å². The smallest absolute Gasteiger partial charge is 0.184 e. The van der Waals surface area contributed by atoms with Crippen molar-refractivity contribution < 1.29 is 9.53 Å². The maximum atomic E-state index is 12.9. The fourth-order valence-corrected chi connectivity index (χ4v) is 2.52. The molecule has 0 aromatic carbocycles. The van der Waals surface area contributed by atoms with Crippen LogP contribution < -0.4 is 4.74 Å². The van der Waals surface area contributed by atoms with Gasteiger partial charge in [0, 0.05) is 11.8 Å². The number of carbonyl (C=O) groups is 1. The van der Waals surface area contributed by atoms with Crippen molar-refractivity contribution in [2.45, 2.75) is 45.6 Å². The normalized spacial score (nSPS) is 11.7. The molecule has 0 saturated heterocycles. The fourth-order valence-electron chi connectivity index (χ4n) is 2.52. The molecule has 0 spiro atoms. The van der Waals surface area contributed by atoms with Crippen molar-refractivity contribution >= 4 is 5.78 Å². The van der Waals surface area contributed by atoms with Crippen molar-refractivity contribution in [3.8, 4) is 5.75 Å². The number of Topliss-reactive ketones (excluding diaryl/α,β-unsaturated/α-hetero) is 1. The summed E-state index contributed by atoms with van der Waals surface area (Å²) in [5, 5.41) is 0. The Balaban J connectivity index is 3.06. The molecule has 1 rings (SSSR count). The molecule has 0 radical (unpaired) electrons. The van der Waals surface area contributed by atoms with Crippen LogP contribution in [0.5, 0.6) is 5.75 Å². The lowest BCUT2D eigenvalue weighted by molar-refractivity contribution is 0.0655. The highest BCUT2D eigenvalue weighted by molar-refractivity contribution is 6.03. The van der Waals surface area contributed by atoms with E-state index < -0.39 is 5.54 Å². The third-order valence-electron chi connectivity index (χ3n) is 3.90. The zero-order chi connectivity index (χ0) is 15.2. The van der Waals surface area contributed by atoms with Crippen LogP contribution in [0.15, 0.2) is 18.5 Å². The number of likely N-dealkylation sites (N-methyl/N-ethyl adjacent to an activating group) is 1. The van der Waals surface area contributed by atoms with Gasteiger partial charge in [-0.3, -0.25) is 14.7 Å². The summed E-state index contributed by atoms with van der Waals surface area (Å²) in [7, 11) is 3.91. The van der Waals surface area contributed by atoms with Gasteiger partial charge in [-0.2, -0.15) is 0 Å². The maximum absolute atomic E-state index is 12.9. The van der Waals surface area contributed by atoms with E-state index >= 15 is 0 Å².